The van der Waals surface area contributed by atoms with Gasteiger partial charge in [0, 0.05) is 19.5 Å². The lowest BCUT2D eigenvalue weighted by Crippen LogP contribution is -2.04. The van der Waals surface area contributed by atoms with Crippen LogP contribution in [0.2, 0.25) is 0 Å². The standard InChI is InChI=1S/C17H21N5O2/c1-6-14-19-15-10(2)21-22(3)16(15)17(20-14)18-12-9-11(23-4)7-8-13(12)24-5/h7-9H,6H2,1-5H3,(H,18,19,20). The Morgan fingerprint density at radius 1 is 1.17 bits per heavy atom. The third-order valence-corrected chi connectivity index (χ3v) is 3.87. The Hall–Kier alpha value is -2.83. The van der Waals surface area contributed by atoms with Gasteiger partial charge in [-0.25, -0.2) is 9.97 Å². The van der Waals surface area contributed by atoms with Gasteiger partial charge in [-0.1, -0.05) is 6.92 Å². The average molecular weight is 327 g/mol. The minimum absolute atomic E-state index is 0.700. The number of rotatable bonds is 5. The second kappa shape index (κ2) is 6.35. The number of hydrogen-bond donors (Lipinski definition) is 1. The first kappa shape index (κ1) is 16.0. The summed E-state index contributed by atoms with van der Waals surface area (Å²) in [6.07, 6.45) is 0.744. The van der Waals surface area contributed by atoms with E-state index in [1.54, 1.807) is 18.9 Å². The van der Waals surface area contributed by atoms with E-state index in [-0.39, 0.29) is 0 Å². The van der Waals surface area contributed by atoms with Gasteiger partial charge in [0.2, 0.25) is 0 Å². The van der Waals surface area contributed by atoms with Crippen LogP contribution in [-0.2, 0) is 13.5 Å². The number of methoxy groups -OCH3 is 2. The zero-order valence-corrected chi connectivity index (χ0v) is 14.5. The van der Waals surface area contributed by atoms with Gasteiger partial charge < -0.3 is 14.8 Å². The highest BCUT2D eigenvalue weighted by Gasteiger charge is 2.16. The van der Waals surface area contributed by atoms with Crippen LogP contribution in [0.1, 0.15) is 18.4 Å². The maximum absolute atomic E-state index is 5.44. The van der Waals surface area contributed by atoms with E-state index in [1.807, 2.05) is 39.1 Å². The molecule has 3 aromatic rings. The van der Waals surface area contributed by atoms with Gasteiger partial charge in [0.25, 0.3) is 0 Å². The summed E-state index contributed by atoms with van der Waals surface area (Å²) >= 11 is 0. The van der Waals surface area contributed by atoms with Gasteiger partial charge >= 0.3 is 0 Å². The Kier molecular flexibility index (Phi) is 4.24. The predicted molar refractivity (Wildman–Crippen MR) is 93.2 cm³/mol. The molecule has 0 bridgehead atoms. The Morgan fingerprint density at radius 2 is 1.96 bits per heavy atom. The molecule has 0 radical (unpaired) electrons. The van der Waals surface area contributed by atoms with E-state index in [4.69, 9.17) is 9.47 Å². The first-order chi connectivity index (χ1) is 11.6. The fourth-order valence-corrected chi connectivity index (χ4v) is 2.67. The van der Waals surface area contributed by atoms with Crippen LogP contribution in [0.3, 0.4) is 0 Å². The van der Waals surface area contributed by atoms with Crippen LogP contribution in [0.15, 0.2) is 18.2 Å². The molecule has 1 N–H and O–H groups in total. The lowest BCUT2D eigenvalue weighted by molar-refractivity contribution is 0.405. The molecule has 0 saturated carbocycles. The van der Waals surface area contributed by atoms with E-state index < -0.39 is 0 Å². The minimum Gasteiger partial charge on any atom is -0.497 e. The van der Waals surface area contributed by atoms with Crippen molar-refractivity contribution in [1.82, 2.24) is 19.7 Å². The van der Waals surface area contributed by atoms with E-state index in [1.165, 1.54) is 0 Å². The van der Waals surface area contributed by atoms with E-state index in [0.29, 0.717) is 11.6 Å². The maximum Gasteiger partial charge on any atom is 0.160 e. The normalized spacial score (nSPS) is 10.9. The number of anilines is 2. The molecule has 0 saturated heterocycles. The highest BCUT2D eigenvalue weighted by Crippen LogP contribution is 2.33. The van der Waals surface area contributed by atoms with Crippen LogP contribution in [0, 0.1) is 6.92 Å². The molecule has 0 aliphatic rings. The number of benzene rings is 1. The molecular weight excluding hydrogens is 306 g/mol. The number of ether oxygens (including phenoxy) is 2. The van der Waals surface area contributed by atoms with Crippen molar-refractivity contribution in [3.63, 3.8) is 0 Å². The molecule has 24 heavy (non-hydrogen) atoms. The Balaban J connectivity index is 2.16. The molecule has 0 unspecified atom stereocenters. The molecule has 7 heteroatoms. The molecule has 0 aliphatic heterocycles. The van der Waals surface area contributed by atoms with Crippen LogP contribution in [0.25, 0.3) is 11.0 Å². The molecule has 1 aromatic carbocycles. The van der Waals surface area contributed by atoms with Gasteiger partial charge in [0.05, 0.1) is 25.6 Å². The first-order valence-corrected chi connectivity index (χ1v) is 7.76. The van der Waals surface area contributed by atoms with Crippen molar-refractivity contribution in [2.45, 2.75) is 20.3 Å². The lowest BCUT2D eigenvalue weighted by Gasteiger charge is -2.13. The van der Waals surface area contributed by atoms with Crippen LogP contribution in [-0.4, -0.2) is 34.0 Å². The van der Waals surface area contributed by atoms with Crippen molar-refractivity contribution in [1.29, 1.82) is 0 Å². The highest BCUT2D eigenvalue weighted by molar-refractivity contribution is 5.90. The Morgan fingerprint density at radius 3 is 2.62 bits per heavy atom. The largest absolute Gasteiger partial charge is 0.497 e. The SMILES string of the molecule is CCc1nc(Nc2cc(OC)ccc2OC)c2c(n1)c(C)nn2C. The molecule has 0 fully saturated rings. The van der Waals surface area contributed by atoms with Gasteiger partial charge in [-0.05, 0) is 19.1 Å². The molecule has 126 valence electrons. The van der Waals surface area contributed by atoms with Crippen molar-refractivity contribution in [3.05, 3.63) is 29.7 Å². The Bertz CT molecular complexity index is 888. The van der Waals surface area contributed by atoms with Crippen molar-refractivity contribution in [3.8, 4) is 11.5 Å². The van der Waals surface area contributed by atoms with Gasteiger partial charge in [0.15, 0.2) is 5.82 Å². The monoisotopic (exact) mass is 327 g/mol. The average Bonchev–Trinajstić information content (AvgIpc) is 2.89. The molecule has 0 atom stereocenters. The quantitative estimate of drug-likeness (QED) is 0.776. The molecule has 2 heterocycles. The summed E-state index contributed by atoms with van der Waals surface area (Å²) in [7, 11) is 5.15. The zero-order chi connectivity index (χ0) is 17.3. The minimum atomic E-state index is 0.700. The van der Waals surface area contributed by atoms with Crippen molar-refractivity contribution in [2.24, 2.45) is 7.05 Å². The molecular formula is C17H21N5O2. The second-order valence-electron chi connectivity index (χ2n) is 5.44. The predicted octanol–water partition coefficient (Wildman–Crippen LogP) is 2.99. The third-order valence-electron chi connectivity index (χ3n) is 3.87. The van der Waals surface area contributed by atoms with Crippen LogP contribution >= 0.6 is 0 Å². The van der Waals surface area contributed by atoms with Gasteiger partial charge in [-0.3, -0.25) is 4.68 Å². The number of hydrogen-bond acceptors (Lipinski definition) is 6. The van der Waals surface area contributed by atoms with E-state index in [9.17, 15) is 0 Å². The summed E-state index contributed by atoms with van der Waals surface area (Å²) in [5, 5.41) is 7.82. The number of nitrogens with one attached hydrogen (secondary N) is 1. The lowest BCUT2D eigenvalue weighted by atomic mass is 10.2. The Labute approximate surface area is 140 Å². The van der Waals surface area contributed by atoms with E-state index >= 15 is 0 Å². The van der Waals surface area contributed by atoms with Crippen molar-refractivity contribution >= 4 is 22.5 Å². The molecule has 2 aromatic heterocycles. The molecule has 0 aliphatic carbocycles. The van der Waals surface area contributed by atoms with Gasteiger partial charge in [-0.2, -0.15) is 5.10 Å². The molecule has 3 rings (SSSR count). The number of nitrogens with zero attached hydrogens (tertiary/aromatic N) is 4. The van der Waals surface area contributed by atoms with Crippen molar-refractivity contribution in [2.75, 3.05) is 19.5 Å². The summed E-state index contributed by atoms with van der Waals surface area (Å²) in [5.41, 5.74) is 3.37. The molecule has 0 amide bonds. The first-order valence-electron chi connectivity index (χ1n) is 7.76. The van der Waals surface area contributed by atoms with Crippen LogP contribution in [0.5, 0.6) is 11.5 Å². The number of aromatic nitrogens is 4. The summed E-state index contributed by atoms with van der Waals surface area (Å²) in [6.45, 7) is 3.98. The summed E-state index contributed by atoms with van der Waals surface area (Å²) < 4.78 is 12.5. The fraction of sp³-hybridized carbons (Fsp3) is 0.353. The zero-order valence-electron chi connectivity index (χ0n) is 14.5. The summed E-state index contributed by atoms with van der Waals surface area (Å²) in [6, 6.07) is 5.58. The fourth-order valence-electron chi connectivity index (χ4n) is 2.67. The van der Waals surface area contributed by atoms with Crippen LogP contribution in [0.4, 0.5) is 11.5 Å². The summed E-state index contributed by atoms with van der Waals surface area (Å²) in [4.78, 5) is 9.24. The molecule has 7 nitrogen and oxygen atoms in total. The van der Waals surface area contributed by atoms with E-state index in [2.05, 4.69) is 20.4 Å². The smallest absolute Gasteiger partial charge is 0.160 e. The van der Waals surface area contributed by atoms with Crippen LogP contribution < -0.4 is 14.8 Å². The number of aryl methyl sites for hydroxylation is 3. The maximum atomic E-state index is 5.44. The van der Waals surface area contributed by atoms with Gasteiger partial charge in [0.1, 0.15) is 28.4 Å². The number of fused-ring (bicyclic) bond motifs is 1. The van der Waals surface area contributed by atoms with Crippen molar-refractivity contribution < 1.29 is 9.47 Å². The van der Waals surface area contributed by atoms with Gasteiger partial charge in [-0.15, -0.1) is 0 Å². The molecule has 0 spiro atoms. The highest BCUT2D eigenvalue weighted by atomic mass is 16.5. The summed E-state index contributed by atoms with van der Waals surface area (Å²) in [5.74, 6) is 2.91. The second-order valence-corrected chi connectivity index (χ2v) is 5.44. The van der Waals surface area contributed by atoms with E-state index in [0.717, 1.165) is 40.4 Å². The topological polar surface area (TPSA) is 74.1 Å². The third kappa shape index (κ3) is 2.73.